The zero-order chi connectivity index (χ0) is 17.3. The topological polar surface area (TPSA) is 109 Å². The molecular weight excluding hydrogens is 310 g/mol. The van der Waals surface area contributed by atoms with Crippen molar-refractivity contribution in [2.45, 2.75) is 45.0 Å². The molecule has 24 heavy (non-hydrogen) atoms. The van der Waals surface area contributed by atoms with Crippen LogP contribution in [0.1, 0.15) is 43.6 Å². The van der Waals surface area contributed by atoms with Gasteiger partial charge in [0.05, 0.1) is 11.5 Å². The van der Waals surface area contributed by atoms with Gasteiger partial charge in [-0.3, -0.25) is 0 Å². The number of hydrogen-bond donors (Lipinski definition) is 4. The van der Waals surface area contributed by atoms with E-state index in [-0.39, 0.29) is 24.2 Å². The summed E-state index contributed by atoms with van der Waals surface area (Å²) >= 11 is 0. The van der Waals surface area contributed by atoms with Crippen LogP contribution in [-0.4, -0.2) is 28.2 Å². The maximum Gasteiger partial charge on any atom is 0.224 e. The number of rotatable bonds is 7. The van der Waals surface area contributed by atoms with Crippen molar-refractivity contribution in [2.75, 3.05) is 6.54 Å². The SMILES string of the molecule is CCC(CN)C1=CC(O)=C(C(c2ccc(CO)o2)C2CC2)C(O)O1. The second-order valence-corrected chi connectivity index (χ2v) is 6.48. The Kier molecular flexibility index (Phi) is 4.99. The predicted molar refractivity (Wildman–Crippen MR) is 87.8 cm³/mol. The van der Waals surface area contributed by atoms with Gasteiger partial charge >= 0.3 is 0 Å². The molecule has 1 aliphatic heterocycles. The fraction of sp³-hybridized carbons (Fsp3) is 0.556. The van der Waals surface area contributed by atoms with Crippen LogP contribution in [0.3, 0.4) is 0 Å². The predicted octanol–water partition coefficient (Wildman–Crippen LogP) is 2.30. The molecule has 2 heterocycles. The molecule has 0 bridgehead atoms. The summed E-state index contributed by atoms with van der Waals surface area (Å²) in [6, 6.07) is 3.50. The van der Waals surface area contributed by atoms with E-state index in [1.165, 1.54) is 0 Å². The fourth-order valence-corrected chi connectivity index (χ4v) is 3.30. The molecule has 0 radical (unpaired) electrons. The van der Waals surface area contributed by atoms with Gasteiger partial charge in [-0.1, -0.05) is 6.92 Å². The lowest BCUT2D eigenvalue weighted by molar-refractivity contribution is -0.0575. The Bertz CT molecular complexity index is 640. The van der Waals surface area contributed by atoms with E-state index >= 15 is 0 Å². The van der Waals surface area contributed by atoms with Gasteiger partial charge in [0.15, 0.2) is 0 Å². The summed E-state index contributed by atoms with van der Waals surface area (Å²) in [7, 11) is 0. The maximum atomic E-state index is 10.6. The summed E-state index contributed by atoms with van der Waals surface area (Å²) in [6.45, 7) is 2.19. The molecule has 1 aromatic rings. The second-order valence-electron chi connectivity index (χ2n) is 6.48. The summed E-state index contributed by atoms with van der Waals surface area (Å²) in [5.41, 5.74) is 6.15. The molecule has 3 rings (SSSR count). The van der Waals surface area contributed by atoms with E-state index in [2.05, 4.69) is 0 Å². The van der Waals surface area contributed by atoms with Crippen molar-refractivity contribution in [3.05, 3.63) is 46.8 Å². The number of aliphatic hydroxyl groups is 3. The monoisotopic (exact) mass is 335 g/mol. The Morgan fingerprint density at radius 1 is 1.33 bits per heavy atom. The van der Waals surface area contributed by atoms with E-state index in [9.17, 15) is 15.3 Å². The summed E-state index contributed by atoms with van der Waals surface area (Å²) in [5, 5.41) is 30.3. The molecule has 2 aliphatic rings. The highest BCUT2D eigenvalue weighted by molar-refractivity contribution is 5.36. The number of allylic oxidation sites excluding steroid dienone is 1. The fourth-order valence-electron chi connectivity index (χ4n) is 3.30. The molecule has 3 unspecified atom stereocenters. The average Bonchev–Trinajstić information content (AvgIpc) is 3.28. The van der Waals surface area contributed by atoms with E-state index in [4.69, 9.17) is 14.9 Å². The van der Waals surface area contributed by atoms with E-state index in [0.29, 0.717) is 35.3 Å². The lowest BCUT2D eigenvalue weighted by Gasteiger charge is -2.30. The first-order chi connectivity index (χ1) is 11.6. The highest BCUT2D eigenvalue weighted by Crippen LogP contribution is 2.49. The minimum Gasteiger partial charge on any atom is -0.508 e. The Morgan fingerprint density at radius 3 is 2.58 bits per heavy atom. The molecule has 5 N–H and O–H groups in total. The quantitative estimate of drug-likeness (QED) is 0.609. The van der Waals surface area contributed by atoms with E-state index in [1.807, 2.05) is 6.92 Å². The minimum atomic E-state index is -1.22. The molecule has 1 fully saturated rings. The molecular formula is C18H25NO5. The van der Waals surface area contributed by atoms with Gasteiger partial charge in [0.2, 0.25) is 6.29 Å². The molecule has 132 valence electrons. The van der Waals surface area contributed by atoms with E-state index < -0.39 is 6.29 Å². The van der Waals surface area contributed by atoms with E-state index in [1.54, 1.807) is 18.2 Å². The first-order valence-corrected chi connectivity index (χ1v) is 8.47. The van der Waals surface area contributed by atoms with Gasteiger partial charge in [-0.05, 0) is 37.3 Å². The smallest absolute Gasteiger partial charge is 0.224 e. The molecule has 0 spiro atoms. The lowest BCUT2D eigenvalue weighted by Crippen LogP contribution is -2.29. The highest BCUT2D eigenvalue weighted by atomic mass is 16.6. The largest absolute Gasteiger partial charge is 0.508 e. The number of hydrogen-bond acceptors (Lipinski definition) is 6. The van der Waals surface area contributed by atoms with Gasteiger partial charge in [-0.2, -0.15) is 0 Å². The van der Waals surface area contributed by atoms with Crippen molar-refractivity contribution in [3.63, 3.8) is 0 Å². The summed E-state index contributed by atoms with van der Waals surface area (Å²) in [4.78, 5) is 0. The van der Waals surface area contributed by atoms with Gasteiger partial charge in [-0.25, -0.2) is 0 Å². The zero-order valence-electron chi connectivity index (χ0n) is 13.8. The van der Waals surface area contributed by atoms with Crippen molar-refractivity contribution in [1.82, 2.24) is 0 Å². The average molecular weight is 335 g/mol. The summed E-state index contributed by atoms with van der Waals surface area (Å²) in [5.74, 6) is 1.64. The van der Waals surface area contributed by atoms with Gasteiger partial charge in [0.25, 0.3) is 0 Å². The Balaban J connectivity index is 1.96. The molecule has 3 atom stereocenters. The van der Waals surface area contributed by atoms with Crippen molar-refractivity contribution < 1.29 is 24.5 Å². The molecule has 6 heteroatoms. The van der Waals surface area contributed by atoms with E-state index in [0.717, 1.165) is 19.3 Å². The van der Waals surface area contributed by atoms with Crippen molar-refractivity contribution in [1.29, 1.82) is 0 Å². The molecule has 1 aliphatic carbocycles. The van der Waals surface area contributed by atoms with Gasteiger partial charge in [-0.15, -0.1) is 0 Å². The first-order valence-electron chi connectivity index (χ1n) is 8.47. The number of aliphatic hydroxyl groups excluding tert-OH is 3. The third-order valence-corrected chi connectivity index (χ3v) is 4.84. The molecule has 0 saturated heterocycles. The summed E-state index contributed by atoms with van der Waals surface area (Å²) in [6.07, 6.45) is 3.11. The maximum absolute atomic E-state index is 10.6. The van der Waals surface area contributed by atoms with Gasteiger partial charge in [0.1, 0.15) is 29.6 Å². The normalized spacial score (nSPS) is 23.7. The number of furan rings is 1. The second kappa shape index (κ2) is 7.01. The number of nitrogens with two attached hydrogens (primary N) is 1. The Hall–Kier alpha value is -1.76. The Morgan fingerprint density at radius 2 is 2.08 bits per heavy atom. The molecule has 1 aromatic heterocycles. The molecule has 0 amide bonds. The zero-order valence-corrected chi connectivity index (χ0v) is 13.8. The van der Waals surface area contributed by atoms with Crippen LogP contribution in [0.25, 0.3) is 0 Å². The van der Waals surface area contributed by atoms with Crippen LogP contribution < -0.4 is 5.73 Å². The van der Waals surface area contributed by atoms with Gasteiger partial charge < -0.3 is 30.2 Å². The van der Waals surface area contributed by atoms with Crippen LogP contribution in [0.15, 0.2) is 39.7 Å². The first kappa shape index (κ1) is 17.1. The van der Waals surface area contributed by atoms with Gasteiger partial charge in [0, 0.05) is 18.5 Å². The van der Waals surface area contributed by atoms with Crippen LogP contribution in [0.2, 0.25) is 0 Å². The van der Waals surface area contributed by atoms with Crippen LogP contribution in [0, 0.1) is 11.8 Å². The van der Waals surface area contributed by atoms with Crippen molar-refractivity contribution in [3.8, 4) is 0 Å². The Labute approximate surface area is 141 Å². The number of ether oxygens (including phenoxy) is 1. The minimum absolute atomic E-state index is 0.0227. The van der Waals surface area contributed by atoms with Crippen LogP contribution >= 0.6 is 0 Å². The lowest BCUT2D eigenvalue weighted by atomic mass is 9.88. The summed E-state index contributed by atoms with van der Waals surface area (Å²) < 4.78 is 11.3. The molecule has 0 aromatic carbocycles. The standard InChI is InChI=1S/C18H25NO5/c1-2-10(8-19)15-7-13(21)17(18(22)24-15)16(11-3-4-11)14-6-5-12(9-20)23-14/h5-7,10-11,16,18,20-22H,2-4,8-9,19H2,1H3. The van der Waals surface area contributed by atoms with Crippen LogP contribution in [-0.2, 0) is 11.3 Å². The third-order valence-electron chi connectivity index (χ3n) is 4.84. The molecule has 6 nitrogen and oxygen atoms in total. The third kappa shape index (κ3) is 3.22. The van der Waals surface area contributed by atoms with Crippen LogP contribution in [0.5, 0.6) is 0 Å². The van der Waals surface area contributed by atoms with Crippen LogP contribution in [0.4, 0.5) is 0 Å². The van der Waals surface area contributed by atoms with Crippen molar-refractivity contribution in [2.24, 2.45) is 17.6 Å². The highest BCUT2D eigenvalue weighted by Gasteiger charge is 2.42. The molecule has 1 saturated carbocycles. The van der Waals surface area contributed by atoms with Crippen molar-refractivity contribution >= 4 is 0 Å².